The van der Waals surface area contributed by atoms with E-state index in [-0.39, 0.29) is 55.3 Å². The first kappa shape index (κ1) is 31.2. The van der Waals surface area contributed by atoms with Gasteiger partial charge in [0.25, 0.3) is 0 Å². The maximum absolute atomic E-state index is 15.4. The number of benzene rings is 2. The van der Waals surface area contributed by atoms with Gasteiger partial charge in [0.05, 0.1) is 18.1 Å². The van der Waals surface area contributed by atoms with Crippen LogP contribution in [0.4, 0.5) is 9.18 Å². The summed E-state index contributed by atoms with van der Waals surface area (Å²) in [7, 11) is -1.68. The Labute approximate surface area is 246 Å². The molecular weight excluding hydrogens is 568 g/mol. The average molecular weight is 599 g/mol. The molecule has 2 aromatic carbocycles. The van der Waals surface area contributed by atoms with Gasteiger partial charge in [0.15, 0.2) is 0 Å². The highest BCUT2D eigenvalue weighted by molar-refractivity contribution is 6.47. The molecule has 2 aromatic rings. The number of fused-ring (bicyclic) bond motifs is 1. The first-order valence-corrected chi connectivity index (χ1v) is 13.6. The van der Waals surface area contributed by atoms with Crippen LogP contribution in [0, 0.1) is 5.82 Å². The zero-order valence-corrected chi connectivity index (χ0v) is 23.2. The Bertz CT molecular complexity index is 1430. The molecule has 0 radical (unpaired) electrons. The minimum atomic E-state index is -1.73. The van der Waals surface area contributed by atoms with E-state index in [1.165, 1.54) is 29.2 Å². The number of urea groups is 1. The Balaban J connectivity index is 1.59. The molecule has 0 spiro atoms. The number of amides is 5. The fraction of sp³-hybridized carbons (Fsp3) is 0.370. The molecule has 228 valence electrons. The molecule has 6 N–H and O–H groups in total. The van der Waals surface area contributed by atoms with Gasteiger partial charge >= 0.3 is 30.9 Å². The SMILES string of the molecule is CCN1CCN(C(=O)NC(C(=O)N[C@H]2Cc3cccc(C(=O)O)c3OB2O)c2ccc(OCCCN)cc2F)C(=O)C1=O. The number of rotatable bonds is 10. The van der Waals surface area contributed by atoms with E-state index in [4.69, 9.17) is 15.1 Å². The molecule has 14 nitrogen and oxygen atoms in total. The summed E-state index contributed by atoms with van der Waals surface area (Å²) in [5.74, 6) is -6.18. The van der Waals surface area contributed by atoms with Crippen molar-refractivity contribution >= 4 is 36.8 Å². The summed E-state index contributed by atoms with van der Waals surface area (Å²) in [6.45, 7) is 2.46. The number of likely N-dealkylation sites (N-methyl/N-ethyl adjacent to an activating group) is 1. The molecule has 2 aliphatic rings. The zero-order valence-electron chi connectivity index (χ0n) is 23.2. The number of hydrogen-bond donors (Lipinski definition) is 5. The number of nitrogens with two attached hydrogens (primary N) is 1. The van der Waals surface area contributed by atoms with Gasteiger partial charge in [-0.05, 0) is 50.1 Å². The van der Waals surface area contributed by atoms with Crippen molar-refractivity contribution < 1.29 is 47.9 Å². The van der Waals surface area contributed by atoms with Crippen molar-refractivity contribution in [2.75, 3.05) is 32.8 Å². The first-order chi connectivity index (χ1) is 20.5. The third kappa shape index (κ3) is 6.86. The topological polar surface area (TPSA) is 201 Å². The van der Waals surface area contributed by atoms with Gasteiger partial charge in [0.2, 0.25) is 5.91 Å². The van der Waals surface area contributed by atoms with Crippen molar-refractivity contribution in [2.45, 2.75) is 31.7 Å². The van der Waals surface area contributed by atoms with Gasteiger partial charge in [-0.2, -0.15) is 0 Å². The molecule has 1 fully saturated rings. The molecular formula is C27H31BFN5O9. The maximum atomic E-state index is 15.4. The number of ether oxygens (including phenoxy) is 1. The molecule has 2 aliphatic heterocycles. The van der Waals surface area contributed by atoms with E-state index in [0.717, 1.165) is 6.07 Å². The minimum Gasteiger partial charge on any atom is -0.534 e. The van der Waals surface area contributed by atoms with Crippen molar-refractivity contribution in [3.63, 3.8) is 0 Å². The summed E-state index contributed by atoms with van der Waals surface area (Å²) < 4.78 is 26.2. The number of carbonyl (C=O) groups is 5. The molecule has 2 atom stereocenters. The number of carboxylic acids is 1. The highest BCUT2D eigenvalue weighted by Gasteiger charge is 2.41. The van der Waals surface area contributed by atoms with E-state index in [9.17, 15) is 34.1 Å². The fourth-order valence-corrected chi connectivity index (χ4v) is 4.74. The van der Waals surface area contributed by atoms with Crippen LogP contribution in [0.15, 0.2) is 36.4 Å². The van der Waals surface area contributed by atoms with Crippen LogP contribution in [0.1, 0.15) is 40.9 Å². The minimum absolute atomic E-state index is 0.0492. The Kier molecular flexibility index (Phi) is 9.82. The molecule has 0 aromatic heterocycles. The molecule has 1 saturated heterocycles. The number of halogens is 1. The van der Waals surface area contributed by atoms with Crippen molar-refractivity contribution in [2.24, 2.45) is 5.73 Å². The number of nitrogens with zero attached hydrogens (tertiary/aromatic N) is 2. The lowest BCUT2D eigenvalue weighted by atomic mass is 9.72. The number of carbonyl (C=O) groups excluding carboxylic acids is 4. The van der Waals surface area contributed by atoms with Crippen molar-refractivity contribution in [1.29, 1.82) is 0 Å². The average Bonchev–Trinajstić information content (AvgIpc) is 2.97. The standard InChI is InChI=1S/C27H31BFN5O9/c1-2-33-10-11-34(25(37)24(33)36)27(40)32-21(17-8-7-16(14-19(17)29)42-12-4-9-30)23(35)31-20-13-15-5-3-6-18(26(38)39)22(15)43-28(20)41/h3,5-8,14,20-21,41H,2,4,9-13,30H2,1H3,(H,31,35)(H,32,40)(H,38,39)/t20-,21?/m0/s1. The van der Waals surface area contributed by atoms with Gasteiger partial charge < -0.3 is 40.8 Å². The fourth-order valence-electron chi connectivity index (χ4n) is 4.74. The quantitative estimate of drug-likeness (QED) is 0.139. The van der Waals surface area contributed by atoms with Gasteiger partial charge in [0, 0.05) is 31.3 Å². The van der Waals surface area contributed by atoms with Crippen LogP contribution in [-0.4, -0.2) is 95.5 Å². The van der Waals surface area contributed by atoms with E-state index >= 15 is 4.39 Å². The zero-order chi connectivity index (χ0) is 31.3. The molecule has 43 heavy (non-hydrogen) atoms. The van der Waals surface area contributed by atoms with Gasteiger partial charge in [-0.15, -0.1) is 0 Å². The number of aromatic carboxylic acids is 1. The van der Waals surface area contributed by atoms with Gasteiger partial charge in [-0.1, -0.05) is 12.1 Å². The van der Waals surface area contributed by atoms with Crippen LogP contribution in [0.3, 0.4) is 0 Å². The number of piperazine rings is 1. The van der Waals surface area contributed by atoms with Crippen LogP contribution >= 0.6 is 0 Å². The first-order valence-electron chi connectivity index (χ1n) is 13.6. The van der Waals surface area contributed by atoms with Gasteiger partial charge in [0.1, 0.15) is 23.4 Å². The van der Waals surface area contributed by atoms with E-state index < -0.39 is 54.6 Å². The number of imide groups is 1. The predicted molar refractivity (Wildman–Crippen MR) is 148 cm³/mol. The lowest BCUT2D eigenvalue weighted by Gasteiger charge is -2.33. The maximum Gasteiger partial charge on any atom is 0.547 e. The monoisotopic (exact) mass is 599 g/mol. The highest BCUT2D eigenvalue weighted by atomic mass is 19.1. The second kappa shape index (κ2) is 13.5. The molecule has 5 amide bonds. The number of nitrogens with one attached hydrogen (secondary N) is 2. The Morgan fingerprint density at radius 1 is 1.21 bits per heavy atom. The molecule has 2 heterocycles. The Morgan fingerprint density at radius 3 is 2.65 bits per heavy atom. The van der Waals surface area contributed by atoms with Crippen molar-refractivity contribution in [1.82, 2.24) is 20.4 Å². The number of hydrogen-bond acceptors (Lipinski definition) is 9. The van der Waals surface area contributed by atoms with Crippen LogP contribution < -0.4 is 25.8 Å². The third-order valence-electron chi connectivity index (χ3n) is 7.04. The number of carboxylic acid groups (broad SMARTS) is 1. The predicted octanol–water partition coefficient (Wildman–Crippen LogP) is -0.167. The van der Waals surface area contributed by atoms with Crippen LogP contribution in [-0.2, 0) is 20.8 Å². The highest BCUT2D eigenvalue weighted by Crippen LogP contribution is 2.31. The summed E-state index contributed by atoms with van der Waals surface area (Å²) in [4.78, 5) is 65.1. The van der Waals surface area contributed by atoms with Crippen LogP contribution in [0.5, 0.6) is 11.5 Å². The van der Waals surface area contributed by atoms with Crippen molar-refractivity contribution in [3.8, 4) is 11.5 Å². The van der Waals surface area contributed by atoms with Crippen LogP contribution in [0.2, 0.25) is 0 Å². The summed E-state index contributed by atoms with van der Waals surface area (Å²) >= 11 is 0. The van der Waals surface area contributed by atoms with E-state index in [0.29, 0.717) is 23.4 Å². The molecule has 4 rings (SSSR count). The Morgan fingerprint density at radius 2 is 1.98 bits per heavy atom. The smallest absolute Gasteiger partial charge is 0.534 e. The molecule has 0 bridgehead atoms. The summed E-state index contributed by atoms with van der Waals surface area (Å²) in [5, 5.41) is 24.9. The normalized spacial score (nSPS) is 17.1. The van der Waals surface area contributed by atoms with Gasteiger partial charge in [-0.25, -0.2) is 14.0 Å². The largest absolute Gasteiger partial charge is 0.547 e. The molecule has 0 aliphatic carbocycles. The van der Waals surface area contributed by atoms with E-state index in [2.05, 4.69) is 10.6 Å². The van der Waals surface area contributed by atoms with Crippen LogP contribution in [0.25, 0.3) is 0 Å². The Hall–Kier alpha value is -4.70. The lowest BCUT2D eigenvalue weighted by molar-refractivity contribution is -0.153. The summed E-state index contributed by atoms with van der Waals surface area (Å²) in [6, 6.07) is 5.15. The summed E-state index contributed by atoms with van der Waals surface area (Å²) in [6.07, 6.45) is 0.470. The van der Waals surface area contributed by atoms with E-state index in [1.54, 1.807) is 13.0 Å². The molecule has 1 unspecified atom stereocenters. The number of para-hydroxylation sites is 1. The molecule has 0 saturated carbocycles. The third-order valence-corrected chi connectivity index (χ3v) is 7.04. The van der Waals surface area contributed by atoms with Gasteiger partial charge in [-0.3, -0.25) is 19.3 Å². The lowest BCUT2D eigenvalue weighted by Crippen LogP contribution is -2.60. The van der Waals surface area contributed by atoms with Crippen molar-refractivity contribution in [3.05, 3.63) is 58.9 Å². The summed E-state index contributed by atoms with van der Waals surface area (Å²) in [5.41, 5.74) is 5.37. The second-order valence-corrected chi connectivity index (χ2v) is 9.82. The second-order valence-electron chi connectivity index (χ2n) is 9.82. The van der Waals surface area contributed by atoms with E-state index in [1.807, 2.05) is 0 Å². The molecule has 16 heteroatoms.